The minimum atomic E-state index is 0.139. The summed E-state index contributed by atoms with van der Waals surface area (Å²) in [6.07, 6.45) is 9.51. The highest BCUT2D eigenvalue weighted by Crippen LogP contribution is 2.48. The van der Waals surface area contributed by atoms with E-state index in [-0.39, 0.29) is 5.54 Å². The van der Waals surface area contributed by atoms with Crippen molar-refractivity contribution in [3.05, 3.63) is 64.3 Å². The highest BCUT2D eigenvalue weighted by Gasteiger charge is 2.50. The number of benzene rings is 2. The summed E-state index contributed by atoms with van der Waals surface area (Å²) in [6, 6.07) is 16.4. The van der Waals surface area contributed by atoms with Crippen LogP contribution in [0.1, 0.15) is 76.8 Å². The third kappa shape index (κ3) is 3.24. The number of rotatable bonds is 6. The number of hydrogen-bond acceptors (Lipinski definition) is 0. The van der Waals surface area contributed by atoms with E-state index in [4.69, 9.17) is 0 Å². The van der Waals surface area contributed by atoms with Crippen LogP contribution >= 0.6 is 15.9 Å². The lowest BCUT2D eigenvalue weighted by Gasteiger charge is -2.40. The first-order chi connectivity index (χ1) is 14.1. The molecule has 1 aliphatic rings. The molecule has 152 valence electrons. The molecule has 3 aromatic rings. The van der Waals surface area contributed by atoms with Crippen molar-refractivity contribution in [2.45, 2.75) is 77.7 Å². The lowest BCUT2D eigenvalue weighted by molar-refractivity contribution is -0.761. The number of nitrogens with zero attached hydrogens (tertiary/aromatic N) is 1. The molecular formula is C27H33BrN+. The smallest absolute Gasteiger partial charge is 0.192 e. The van der Waals surface area contributed by atoms with Crippen LogP contribution in [0.5, 0.6) is 0 Å². The van der Waals surface area contributed by atoms with E-state index < -0.39 is 0 Å². The molecule has 0 radical (unpaired) electrons. The molecule has 4 rings (SSSR count). The van der Waals surface area contributed by atoms with E-state index in [9.17, 15) is 0 Å². The van der Waals surface area contributed by atoms with Gasteiger partial charge in [0, 0.05) is 29.3 Å². The van der Waals surface area contributed by atoms with Gasteiger partial charge in [-0.15, -0.1) is 0 Å². The number of pyridine rings is 1. The Morgan fingerprint density at radius 3 is 2.45 bits per heavy atom. The van der Waals surface area contributed by atoms with Gasteiger partial charge in [0.2, 0.25) is 5.69 Å². The Labute approximate surface area is 184 Å². The summed E-state index contributed by atoms with van der Waals surface area (Å²) in [4.78, 5) is 0. The van der Waals surface area contributed by atoms with E-state index in [2.05, 4.69) is 96.9 Å². The average Bonchev–Trinajstić information content (AvgIpc) is 2.76. The quantitative estimate of drug-likeness (QED) is 0.335. The molecule has 0 spiro atoms. The largest absolute Gasteiger partial charge is 0.221 e. The highest BCUT2D eigenvalue weighted by atomic mass is 79.9. The van der Waals surface area contributed by atoms with Crippen LogP contribution in [-0.4, -0.2) is 0 Å². The minimum absolute atomic E-state index is 0.139. The number of aromatic nitrogens is 1. The first-order valence-electron chi connectivity index (χ1n) is 11.4. The molecule has 0 amide bonds. The maximum absolute atomic E-state index is 3.74. The van der Waals surface area contributed by atoms with Gasteiger partial charge in [0.15, 0.2) is 11.7 Å². The molecule has 1 unspecified atom stereocenters. The topological polar surface area (TPSA) is 3.88 Å². The van der Waals surface area contributed by atoms with Crippen LogP contribution in [0.3, 0.4) is 0 Å². The van der Waals surface area contributed by atoms with E-state index in [1.54, 1.807) is 0 Å². The molecule has 2 aromatic carbocycles. The van der Waals surface area contributed by atoms with E-state index in [0.717, 1.165) is 23.7 Å². The summed E-state index contributed by atoms with van der Waals surface area (Å²) < 4.78 is 3.79. The van der Waals surface area contributed by atoms with Gasteiger partial charge in [-0.05, 0) is 54.0 Å². The first-order valence-corrected chi connectivity index (χ1v) is 12.2. The summed E-state index contributed by atoms with van der Waals surface area (Å²) >= 11 is 3.74. The Hall–Kier alpha value is -1.67. The zero-order valence-corrected chi connectivity index (χ0v) is 19.8. The van der Waals surface area contributed by atoms with E-state index in [1.807, 2.05) is 0 Å². The van der Waals surface area contributed by atoms with Crippen LogP contribution in [0.25, 0.3) is 22.0 Å². The van der Waals surface area contributed by atoms with Crippen molar-refractivity contribution in [1.29, 1.82) is 0 Å². The van der Waals surface area contributed by atoms with Crippen molar-refractivity contribution in [3.63, 3.8) is 0 Å². The van der Waals surface area contributed by atoms with Crippen LogP contribution < -0.4 is 4.57 Å². The van der Waals surface area contributed by atoms with Crippen LogP contribution in [0, 0.1) is 0 Å². The molecule has 0 aliphatic carbocycles. The van der Waals surface area contributed by atoms with Crippen molar-refractivity contribution in [2.24, 2.45) is 0 Å². The average molecular weight is 451 g/mol. The number of aryl methyl sites for hydroxylation is 1. The highest BCUT2D eigenvalue weighted by molar-refractivity contribution is 9.10. The molecule has 0 saturated heterocycles. The molecule has 1 atom stereocenters. The molecule has 2 heteroatoms. The molecule has 0 bridgehead atoms. The number of halogens is 1. The summed E-state index contributed by atoms with van der Waals surface area (Å²) in [5, 5.41) is 2.75. The van der Waals surface area contributed by atoms with Gasteiger partial charge in [0.05, 0.1) is 10.9 Å². The Balaban J connectivity index is 2.03. The van der Waals surface area contributed by atoms with Gasteiger partial charge < -0.3 is 0 Å². The lowest BCUT2D eigenvalue weighted by Crippen LogP contribution is -2.62. The third-order valence-corrected chi connectivity index (χ3v) is 7.73. The van der Waals surface area contributed by atoms with Gasteiger partial charge in [-0.2, -0.15) is 4.57 Å². The monoisotopic (exact) mass is 450 g/mol. The summed E-state index contributed by atoms with van der Waals surface area (Å²) in [5.41, 5.74) is 5.91. The van der Waals surface area contributed by atoms with E-state index in [0.29, 0.717) is 5.92 Å². The third-order valence-electron chi connectivity index (χ3n) is 7.24. The molecule has 1 aromatic heterocycles. The fraction of sp³-hybridized carbons (Fsp3) is 0.444. The Morgan fingerprint density at radius 2 is 1.76 bits per heavy atom. The van der Waals surface area contributed by atoms with E-state index >= 15 is 0 Å². The second-order valence-corrected chi connectivity index (χ2v) is 9.48. The molecule has 1 nitrogen and oxygen atoms in total. The Morgan fingerprint density at radius 1 is 0.966 bits per heavy atom. The van der Waals surface area contributed by atoms with Crippen LogP contribution in [0.2, 0.25) is 0 Å². The van der Waals surface area contributed by atoms with Crippen molar-refractivity contribution in [3.8, 4) is 11.3 Å². The molecule has 29 heavy (non-hydrogen) atoms. The van der Waals surface area contributed by atoms with Gasteiger partial charge >= 0.3 is 0 Å². The van der Waals surface area contributed by atoms with Crippen molar-refractivity contribution in [1.82, 2.24) is 0 Å². The predicted octanol–water partition coefficient (Wildman–Crippen LogP) is 7.92. The fourth-order valence-corrected chi connectivity index (χ4v) is 6.05. The van der Waals surface area contributed by atoms with Crippen molar-refractivity contribution < 1.29 is 4.57 Å². The number of fused-ring (bicyclic) bond motifs is 5. The summed E-state index contributed by atoms with van der Waals surface area (Å²) in [7, 11) is 0. The van der Waals surface area contributed by atoms with Gasteiger partial charge in [-0.1, -0.05) is 68.2 Å². The zero-order valence-electron chi connectivity index (χ0n) is 18.3. The second-order valence-electron chi connectivity index (χ2n) is 8.56. The maximum atomic E-state index is 3.74. The maximum Gasteiger partial charge on any atom is 0.221 e. The number of unbranched alkanes of at least 4 members (excludes halogenated alkanes) is 1. The predicted molar refractivity (Wildman–Crippen MR) is 127 cm³/mol. The lowest BCUT2D eigenvalue weighted by atomic mass is 9.69. The van der Waals surface area contributed by atoms with Crippen LogP contribution in [-0.2, 0) is 12.0 Å². The molecule has 0 N–H and O–H groups in total. The van der Waals surface area contributed by atoms with Gasteiger partial charge in [0.1, 0.15) is 0 Å². The second kappa shape index (κ2) is 8.22. The molecule has 0 saturated carbocycles. The van der Waals surface area contributed by atoms with Crippen molar-refractivity contribution >= 4 is 26.7 Å². The van der Waals surface area contributed by atoms with Gasteiger partial charge in [-0.25, -0.2) is 0 Å². The minimum Gasteiger partial charge on any atom is -0.192 e. The van der Waals surface area contributed by atoms with Crippen LogP contribution in [0.15, 0.2) is 53.1 Å². The van der Waals surface area contributed by atoms with E-state index in [1.165, 1.54) is 52.4 Å². The zero-order chi connectivity index (χ0) is 20.6. The van der Waals surface area contributed by atoms with Gasteiger partial charge in [0.25, 0.3) is 0 Å². The molecule has 2 heterocycles. The summed E-state index contributed by atoms with van der Waals surface area (Å²) in [6.45, 7) is 9.35. The van der Waals surface area contributed by atoms with Gasteiger partial charge in [-0.3, -0.25) is 0 Å². The van der Waals surface area contributed by atoms with Crippen LogP contribution in [0.4, 0.5) is 0 Å². The molecule has 1 aliphatic heterocycles. The Kier molecular flexibility index (Phi) is 5.84. The van der Waals surface area contributed by atoms with Crippen molar-refractivity contribution in [2.75, 3.05) is 0 Å². The standard InChI is InChI=1S/C27H33BrN/c1-5-9-10-19-11-13-22-20(17-19)15-16-29-26(22)24-18-21(28)12-14-23(24)25(6-2)27(29,7-3)8-4/h11-18,25H,5-10H2,1-4H3/q+1. The fourth-order valence-electron chi connectivity index (χ4n) is 5.69. The normalized spacial score (nSPS) is 17.2. The SMILES string of the molecule is CCCCc1ccc2c3[n+](ccc2c1)C(CC)(CC)C(CC)c1ccc(Br)cc1-3. The molecule has 0 fully saturated rings. The Bertz CT molecular complexity index is 1030. The molecular weight excluding hydrogens is 418 g/mol. The number of hydrogen-bond donors (Lipinski definition) is 0. The summed E-state index contributed by atoms with van der Waals surface area (Å²) in [5.74, 6) is 0.541. The first kappa shape index (κ1) is 20.6.